The molecule has 90 valence electrons. The number of hydrogen-bond donors (Lipinski definition) is 0. The molecule has 0 radical (unpaired) electrons. The third-order valence-corrected chi connectivity index (χ3v) is 3.51. The Morgan fingerprint density at radius 3 is 3.06 bits per heavy atom. The van der Waals surface area contributed by atoms with Crippen molar-refractivity contribution in [2.75, 3.05) is 0 Å². The first-order valence-electron chi connectivity index (χ1n) is 6.47. The quantitative estimate of drug-likeness (QED) is 0.637. The van der Waals surface area contributed by atoms with E-state index in [0.717, 1.165) is 11.3 Å². The summed E-state index contributed by atoms with van der Waals surface area (Å²) in [4.78, 5) is 0. The Balaban J connectivity index is 2.33. The van der Waals surface area contributed by atoms with E-state index in [2.05, 4.69) is 28.9 Å². The minimum atomic E-state index is 0.428. The van der Waals surface area contributed by atoms with Crippen LogP contribution in [0.1, 0.15) is 39.0 Å². The molecular weight excluding hydrogens is 208 g/mol. The van der Waals surface area contributed by atoms with E-state index in [4.69, 9.17) is 0 Å². The van der Waals surface area contributed by atoms with Gasteiger partial charge in [0.25, 0.3) is 0 Å². The fourth-order valence-electron chi connectivity index (χ4n) is 2.54. The van der Waals surface area contributed by atoms with E-state index < -0.39 is 0 Å². The molecule has 0 aromatic heterocycles. The molecule has 0 amide bonds. The molecule has 17 heavy (non-hydrogen) atoms. The summed E-state index contributed by atoms with van der Waals surface area (Å²) in [6.07, 6.45) is 14.5. The summed E-state index contributed by atoms with van der Waals surface area (Å²) < 4.78 is 0. The van der Waals surface area contributed by atoms with Crippen LogP contribution in [0.2, 0.25) is 0 Å². The van der Waals surface area contributed by atoms with E-state index in [1.807, 2.05) is 19.2 Å². The van der Waals surface area contributed by atoms with Crippen LogP contribution in [0.5, 0.6) is 0 Å². The predicted molar refractivity (Wildman–Crippen MR) is 74.5 cm³/mol. The lowest BCUT2D eigenvalue weighted by Gasteiger charge is -2.24. The van der Waals surface area contributed by atoms with Crippen LogP contribution in [-0.2, 0) is 0 Å². The summed E-state index contributed by atoms with van der Waals surface area (Å²) >= 11 is 0. The molecule has 0 spiro atoms. The lowest BCUT2D eigenvalue weighted by Crippen LogP contribution is -2.22. The van der Waals surface area contributed by atoms with Gasteiger partial charge in [0, 0.05) is 5.92 Å². The minimum Gasteiger partial charge on any atom is -0.159 e. The first-order valence-corrected chi connectivity index (χ1v) is 6.47. The van der Waals surface area contributed by atoms with Crippen molar-refractivity contribution in [2.24, 2.45) is 16.1 Å². The van der Waals surface area contributed by atoms with Crippen molar-refractivity contribution >= 4 is 11.9 Å². The Morgan fingerprint density at radius 1 is 1.41 bits per heavy atom. The third kappa shape index (κ3) is 2.63. The van der Waals surface area contributed by atoms with Gasteiger partial charge in [0.2, 0.25) is 0 Å². The van der Waals surface area contributed by atoms with Crippen molar-refractivity contribution in [1.82, 2.24) is 0 Å². The van der Waals surface area contributed by atoms with Gasteiger partial charge in [-0.1, -0.05) is 37.6 Å². The van der Waals surface area contributed by atoms with Gasteiger partial charge in [-0.3, -0.25) is 0 Å². The van der Waals surface area contributed by atoms with E-state index >= 15 is 0 Å². The molecular formula is C15H20N2. The Hall–Kier alpha value is -1.44. The Kier molecular flexibility index (Phi) is 4.08. The van der Waals surface area contributed by atoms with E-state index in [9.17, 15) is 0 Å². The molecule has 0 fully saturated rings. The number of hydrogen-bond acceptors (Lipinski definition) is 2. The van der Waals surface area contributed by atoms with Crippen molar-refractivity contribution in [3.8, 4) is 0 Å². The maximum Gasteiger partial charge on any atom is 0.0774 e. The molecule has 0 aromatic rings. The van der Waals surface area contributed by atoms with Crippen LogP contribution >= 0.6 is 0 Å². The lowest BCUT2D eigenvalue weighted by atomic mass is 9.83. The topological polar surface area (TPSA) is 24.7 Å². The molecule has 0 N–H and O–H groups in total. The fourth-order valence-corrected chi connectivity index (χ4v) is 2.54. The standard InChI is InChI=1S/C15H20N2/c1-3-12(4-2)15-14-10-8-6-5-7-9-13(14)11-16-17-15/h3-4,9,11,14H,1,5-8,10H2,2H3/b12-4+,13-9-. The summed E-state index contributed by atoms with van der Waals surface area (Å²) in [5, 5.41) is 8.47. The summed E-state index contributed by atoms with van der Waals surface area (Å²) in [5.74, 6) is 0.428. The first-order chi connectivity index (χ1) is 8.36. The fraction of sp³-hybridized carbons (Fsp3) is 0.467. The highest BCUT2D eigenvalue weighted by atomic mass is 15.2. The van der Waals surface area contributed by atoms with Crippen LogP contribution in [0.3, 0.4) is 0 Å². The van der Waals surface area contributed by atoms with Gasteiger partial charge in [0.1, 0.15) is 0 Å². The second kappa shape index (κ2) is 5.76. The Bertz CT molecular complexity index is 411. The Labute approximate surface area is 104 Å². The van der Waals surface area contributed by atoms with Crippen molar-refractivity contribution in [3.63, 3.8) is 0 Å². The summed E-state index contributed by atoms with van der Waals surface area (Å²) in [7, 11) is 0. The van der Waals surface area contributed by atoms with Gasteiger partial charge in [-0.25, -0.2) is 0 Å². The Morgan fingerprint density at radius 2 is 2.29 bits per heavy atom. The average Bonchev–Trinajstić information content (AvgIpc) is 2.32. The minimum absolute atomic E-state index is 0.428. The zero-order valence-electron chi connectivity index (χ0n) is 10.5. The highest BCUT2D eigenvalue weighted by Gasteiger charge is 2.24. The van der Waals surface area contributed by atoms with Crippen LogP contribution < -0.4 is 0 Å². The third-order valence-electron chi connectivity index (χ3n) is 3.51. The molecule has 2 heteroatoms. The van der Waals surface area contributed by atoms with Crippen molar-refractivity contribution in [3.05, 3.63) is 36.0 Å². The van der Waals surface area contributed by atoms with E-state index in [1.165, 1.54) is 37.7 Å². The number of nitrogens with zero attached hydrogens (tertiary/aromatic N) is 2. The monoisotopic (exact) mass is 228 g/mol. The van der Waals surface area contributed by atoms with Crippen LogP contribution in [0.25, 0.3) is 0 Å². The lowest BCUT2D eigenvalue weighted by molar-refractivity contribution is 0.587. The van der Waals surface area contributed by atoms with Gasteiger partial charge in [0.15, 0.2) is 0 Å². The SMILES string of the molecule is C=C/C(=C\C)C1=NN=C/C2=C/CCCCCC12. The molecule has 1 aliphatic heterocycles. The molecule has 2 rings (SSSR count). The van der Waals surface area contributed by atoms with Gasteiger partial charge in [-0.05, 0) is 37.3 Å². The van der Waals surface area contributed by atoms with Crippen molar-refractivity contribution in [1.29, 1.82) is 0 Å². The van der Waals surface area contributed by atoms with Gasteiger partial charge in [-0.15, -0.1) is 0 Å². The second-order valence-electron chi connectivity index (χ2n) is 4.57. The van der Waals surface area contributed by atoms with Crippen LogP contribution in [0.15, 0.2) is 46.2 Å². The zero-order chi connectivity index (χ0) is 12.1. The smallest absolute Gasteiger partial charge is 0.0774 e. The number of rotatable bonds is 2. The van der Waals surface area contributed by atoms with Crippen LogP contribution in [0, 0.1) is 5.92 Å². The summed E-state index contributed by atoms with van der Waals surface area (Å²) in [6.45, 7) is 5.90. The van der Waals surface area contributed by atoms with Crippen molar-refractivity contribution < 1.29 is 0 Å². The molecule has 1 atom stereocenters. The maximum atomic E-state index is 4.33. The highest BCUT2D eigenvalue weighted by molar-refractivity contribution is 6.09. The molecule has 2 nitrogen and oxygen atoms in total. The molecule has 1 unspecified atom stereocenters. The second-order valence-corrected chi connectivity index (χ2v) is 4.57. The summed E-state index contributed by atoms with van der Waals surface area (Å²) in [6, 6.07) is 0. The number of fused-ring (bicyclic) bond motifs is 1. The van der Waals surface area contributed by atoms with E-state index in [-0.39, 0.29) is 0 Å². The summed E-state index contributed by atoms with van der Waals surface area (Å²) in [5.41, 5.74) is 3.56. The number of allylic oxidation sites excluding steroid dienone is 5. The largest absolute Gasteiger partial charge is 0.159 e. The molecule has 0 aromatic carbocycles. The molecule has 0 bridgehead atoms. The highest BCUT2D eigenvalue weighted by Crippen LogP contribution is 2.29. The molecule has 2 aliphatic rings. The van der Waals surface area contributed by atoms with Gasteiger partial charge >= 0.3 is 0 Å². The van der Waals surface area contributed by atoms with Crippen molar-refractivity contribution in [2.45, 2.75) is 39.0 Å². The van der Waals surface area contributed by atoms with E-state index in [1.54, 1.807) is 0 Å². The maximum absolute atomic E-state index is 4.33. The molecule has 1 aliphatic carbocycles. The molecule has 1 heterocycles. The van der Waals surface area contributed by atoms with Crippen LogP contribution in [0.4, 0.5) is 0 Å². The van der Waals surface area contributed by atoms with Gasteiger partial charge in [0.05, 0.1) is 11.9 Å². The van der Waals surface area contributed by atoms with Crippen LogP contribution in [-0.4, -0.2) is 11.9 Å². The van der Waals surface area contributed by atoms with Gasteiger partial charge in [-0.2, -0.15) is 10.2 Å². The zero-order valence-corrected chi connectivity index (χ0v) is 10.5. The molecule has 0 saturated heterocycles. The predicted octanol–water partition coefficient (Wildman–Crippen LogP) is 4.07. The van der Waals surface area contributed by atoms with E-state index in [0.29, 0.717) is 5.92 Å². The first kappa shape index (κ1) is 12.0. The molecule has 0 saturated carbocycles. The normalized spacial score (nSPS) is 28.3. The van der Waals surface area contributed by atoms with Gasteiger partial charge < -0.3 is 0 Å². The average molecular weight is 228 g/mol.